The van der Waals surface area contributed by atoms with E-state index >= 15 is 0 Å². The Morgan fingerprint density at radius 2 is 1.77 bits per heavy atom. The van der Waals surface area contributed by atoms with Crippen LogP contribution in [0.4, 0.5) is 0 Å². The Morgan fingerprint density at radius 1 is 1.15 bits per heavy atom. The van der Waals surface area contributed by atoms with E-state index in [9.17, 15) is 18.3 Å². The van der Waals surface area contributed by atoms with E-state index in [4.69, 9.17) is 4.74 Å². The van der Waals surface area contributed by atoms with Crippen molar-refractivity contribution in [2.75, 3.05) is 13.7 Å². The van der Waals surface area contributed by atoms with E-state index in [0.717, 1.165) is 9.87 Å². The van der Waals surface area contributed by atoms with Crippen LogP contribution in [-0.4, -0.2) is 43.5 Å². The van der Waals surface area contributed by atoms with Crippen LogP contribution in [0.3, 0.4) is 0 Å². The summed E-state index contributed by atoms with van der Waals surface area (Å²) in [6.07, 6.45) is 0.00704. The van der Waals surface area contributed by atoms with Gasteiger partial charge in [-0.3, -0.25) is 4.79 Å². The van der Waals surface area contributed by atoms with Gasteiger partial charge in [0.05, 0.1) is 11.5 Å². The Balaban J connectivity index is 2.35. The number of para-hydroxylation sites is 1. The highest BCUT2D eigenvalue weighted by Crippen LogP contribution is 2.24. The van der Waals surface area contributed by atoms with Gasteiger partial charge in [0.1, 0.15) is 11.8 Å². The lowest BCUT2D eigenvalue weighted by Crippen LogP contribution is -2.43. The first-order chi connectivity index (χ1) is 12.3. The number of hydrogen-bond acceptors (Lipinski definition) is 4. The maximum atomic E-state index is 12.8. The Bertz CT molecular complexity index is 862. The Morgan fingerprint density at radius 3 is 2.35 bits per heavy atom. The molecule has 0 aromatic heterocycles. The molecule has 2 aromatic rings. The minimum atomic E-state index is -3.93. The predicted octanol–water partition coefficient (Wildman–Crippen LogP) is 2.71. The van der Waals surface area contributed by atoms with Gasteiger partial charge in [0.25, 0.3) is 0 Å². The molecule has 0 aliphatic heterocycles. The molecule has 2 aromatic carbocycles. The number of nitrogens with zero attached hydrogens (tertiary/aromatic N) is 1. The molecule has 0 spiro atoms. The van der Waals surface area contributed by atoms with E-state index in [1.165, 1.54) is 19.2 Å². The minimum absolute atomic E-state index is 0.00704. The second-order valence-electron chi connectivity index (χ2n) is 5.93. The van der Waals surface area contributed by atoms with Crippen molar-refractivity contribution in [2.24, 2.45) is 0 Å². The topological polar surface area (TPSA) is 83.9 Å². The highest BCUT2D eigenvalue weighted by molar-refractivity contribution is 7.89. The van der Waals surface area contributed by atoms with Crippen LogP contribution < -0.4 is 4.74 Å². The maximum Gasteiger partial charge on any atom is 0.322 e. The molecule has 1 atom stereocenters. The number of carboxylic acids is 1. The average Bonchev–Trinajstić information content (AvgIpc) is 2.60. The normalized spacial score (nSPS) is 12.8. The van der Waals surface area contributed by atoms with E-state index in [-0.39, 0.29) is 11.3 Å². The summed E-state index contributed by atoms with van der Waals surface area (Å²) in [5.74, 6) is -0.656. The van der Waals surface area contributed by atoms with Gasteiger partial charge in [-0.15, -0.1) is 0 Å². The summed E-state index contributed by atoms with van der Waals surface area (Å²) in [4.78, 5) is 11.9. The molecule has 0 saturated carbocycles. The van der Waals surface area contributed by atoms with Gasteiger partial charge in [0, 0.05) is 13.5 Å². The molecule has 140 valence electrons. The summed E-state index contributed by atoms with van der Waals surface area (Å²) in [5.41, 5.74) is 1.57. The standard InChI is InChI=1S/C19H23NO5S/c1-4-25-18-8-6-5-7-15(18)13-17(19(21)22)20(3)26(23,24)16-11-9-14(2)10-12-16/h5-12,17H,4,13H2,1-3H3,(H,21,22)/t17-/m1/s1. The summed E-state index contributed by atoms with van der Waals surface area (Å²) in [6.45, 7) is 4.12. The summed E-state index contributed by atoms with van der Waals surface area (Å²) in [6, 6.07) is 12.1. The van der Waals surface area contributed by atoms with Gasteiger partial charge < -0.3 is 9.84 Å². The number of aryl methyl sites for hydroxylation is 1. The zero-order valence-corrected chi connectivity index (χ0v) is 15.9. The molecule has 0 heterocycles. The van der Waals surface area contributed by atoms with Crippen LogP contribution in [0.2, 0.25) is 0 Å². The first-order valence-electron chi connectivity index (χ1n) is 8.25. The molecule has 2 rings (SSSR count). The van der Waals surface area contributed by atoms with Crippen molar-refractivity contribution < 1.29 is 23.1 Å². The number of carboxylic acid groups (broad SMARTS) is 1. The fourth-order valence-electron chi connectivity index (χ4n) is 2.59. The van der Waals surface area contributed by atoms with E-state index in [1.807, 2.05) is 13.8 Å². The van der Waals surface area contributed by atoms with Crippen LogP contribution >= 0.6 is 0 Å². The zero-order chi connectivity index (χ0) is 19.3. The van der Waals surface area contributed by atoms with Gasteiger partial charge in [0.15, 0.2) is 0 Å². The van der Waals surface area contributed by atoms with Crippen LogP contribution in [0.15, 0.2) is 53.4 Å². The maximum absolute atomic E-state index is 12.8. The lowest BCUT2D eigenvalue weighted by molar-refractivity contribution is -0.141. The van der Waals surface area contributed by atoms with Gasteiger partial charge in [0.2, 0.25) is 10.0 Å². The number of carbonyl (C=O) groups is 1. The van der Waals surface area contributed by atoms with E-state index < -0.39 is 22.0 Å². The zero-order valence-electron chi connectivity index (χ0n) is 15.0. The number of benzene rings is 2. The number of sulfonamides is 1. The molecular weight excluding hydrogens is 354 g/mol. The van der Waals surface area contributed by atoms with Crippen molar-refractivity contribution in [2.45, 2.75) is 31.2 Å². The quantitative estimate of drug-likeness (QED) is 0.765. The van der Waals surface area contributed by atoms with Crippen LogP contribution in [0.1, 0.15) is 18.1 Å². The largest absolute Gasteiger partial charge is 0.494 e. The molecule has 26 heavy (non-hydrogen) atoms. The molecule has 0 radical (unpaired) electrons. The Kier molecular flexibility index (Phi) is 6.39. The van der Waals surface area contributed by atoms with E-state index in [2.05, 4.69) is 0 Å². The molecule has 0 aliphatic rings. The van der Waals surface area contributed by atoms with Crippen molar-refractivity contribution in [1.82, 2.24) is 4.31 Å². The van der Waals surface area contributed by atoms with Gasteiger partial charge >= 0.3 is 5.97 Å². The van der Waals surface area contributed by atoms with Crippen LogP contribution in [0, 0.1) is 6.92 Å². The third kappa shape index (κ3) is 4.42. The molecule has 1 N–H and O–H groups in total. The van der Waals surface area contributed by atoms with Crippen LogP contribution in [0.5, 0.6) is 5.75 Å². The lowest BCUT2D eigenvalue weighted by atomic mass is 10.1. The second kappa shape index (κ2) is 8.33. The molecule has 0 aliphatic carbocycles. The first-order valence-corrected chi connectivity index (χ1v) is 9.69. The SMILES string of the molecule is CCOc1ccccc1C[C@H](C(=O)O)N(C)S(=O)(=O)c1ccc(C)cc1. The monoisotopic (exact) mass is 377 g/mol. The molecule has 0 fully saturated rings. The fraction of sp³-hybridized carbons (Fsp3) is 0.316. The van der Waals surface area contributed by atoms with Crippen LogP contribution in [-0.2, 0) is 21.2 Å². The summed E-state index contributed by atoms with van der Waals surface area (Å²) in [7, 11) is -2.64. The predicted molar refractivity (Wildman–Crippen MR) is 98.9 cm³/mol. The van der Waals surface area contributed by atoms with Gasteiger partial charge in [-0.05, 0) is 37.6 Å². The average molecular weight is 377 g/mol. The summed E-state index contributed by atoms with van der Waals surface area (Å²) in [5, 5.41) is 9.63. The number of ether oxygens (including phenoxy) is 1. The fourth-order valence-corrected chi connectivity index (χ4v) is 3.90. The molecule has 0 amide bonds. The third-order valence-corrected chi connectivity index (χ3v) is 5.99. The Hall–Kier alpha value is -2.38. The number of likely N-dealkylation sites (N-methyl/N-ethyl adjacent to an activating group) is 1. The first kappa shape index (κ1) is 19.9. The van der Waals surface area contributed by atoms with Crippen molar-refractivity contribution in [3.05, 3.63) is 59.7 Å². The lowest BCUT2D eigenvalue weighted by Gasteiger charge is -2.25. The third-order valence-electron chi connectivity index (χ3n) is 4.11. The Labute approximate surface area is 154 Å². The summed E-state index contributed by atoms with van der Waals surface area (Å²) >= 11 is 0. The number of hydrogen-bond donors (Lipinski definition) is 1. The van der Waals surface area contributed by atoms with E-state index in [1.54, 1.807) is 36.4 Å². The van der Waals surface area contributed by atoms with Gasteiger partial charge in [-0.1, -0.05) is 35.9 Å². The smallest absolute Gasteiger partial charge is 0.322 e. The highest BCUT2D eigenvalue weighted by Gasteiger charge is 2.33. The van der Waals surface area contributed by atoms with Gasteiger partial charge in [-0.2, -0.15) is 4.31 Å². The van der Waals surface area contributed by atoms with Crippen molar-refractivity contribution >= 4 is 16.0 Å². The van der Waals surface area contributed by atoms with Crippen LogP contribution in [0.25, 0.3) is 0 Å². The minimum Gasteiger partial charge on any atom is -0.494 e. The second-order valence-corrected chi connectivity index (χ2v) is 7.93. The van der Waals surface area contributed by atoms with Crippen molar-refractivity contribution in [3.8, 4) is 5.75 Å². The molecule has 0 bridgehead atoms. The van der Waals surface area contributed by atoms with E-state index in [0.29, 0.717) is 17.9 Å². The van der Waals surface area contributed by atoms with Crippen molar-refractivity contribution in [3.63, 3.8) is 0 Å². The molecule has 0 unspecified atom stereocenters. The molecule has 7 heteroatoms. The number of rotatable bonds is 8. The highest BCUT2D eigenvalue weighted by atomic mass is 32.2. The molecular formula is C19H23NO5S. The summed E-state index contributed by atoms with van der Waals surface area (Å²) < 4.78 is 32.1. The van der Waals surface area contributed by atoms with Gasteiger partial charge in [-0.25, -0.2) is 8.42 Å². The van der Waals surface area contributed by atoms with Crippen molar-refractivity contribution in [1.29, 1.82) is 0 Å². The molecule has 0 saturated heterocycles. The molecule has 6 nitrogen and oxygen atoms in total. The number of aliphatic carboxylic acids is 1.